The summed E-state index contributed by atoms with van der Waals surface area (Å²) >= 11 is 3.26. The number of ether oxygens (including phenoxy) is 1. The van der Waals surface area contributed by atoms with Crippen molar-refractivity contribution in [3.63, 3.8) is 0 Å². The number of carbonyl (C=O) groups is 1. The van der Waals surface area contributed by atoms with Gasteiger partial charge in [0.25, 0.3) is 5.91 Å². The van der Waals surface area contributed by atoms with Gasteiger partial charge in [0.1, 0.15) is 5.69 Å². The van der Waals surface area contributed by atoms with Crippen molar-refractivity contribution in [3.05, 3.63) is 18.0 Å². The van der Waals surface area contributed by atoms with Crippen LogP contribution in [0.1, 0.15) is 16.9 Å². The molecule has 0 radical (unpaired) electrons. The third kappa shape index (κ3) is 4.94. The molecule has 84 valence electrons. The number of alkyl halides is 1. The van der Waals surface area contributed by atoms with Gasteiger partial charge in [-0.15, -0.1) is 0 Å². The molecule has 0 aromatic carbocycles. The monoisotopic (exact) mass is 275 g/mol. The standard InChI is InChI=1S/C9H14BrN3O2/c10-3-7-15-6-1-4-11-9(14)8-2-5-12-13-8/h2,5H,1,3-4,6-7H2,(H,11,14)(H,12,13). The van der Waals surface area contributed by atoms with Gasteiger partial charge in [-0.25, -0.2) is 0 Å². The Morgan fingerprint density at radius 1 is 1.60 bits per heavy atom. The van der Waals surface area contributed by atoms with Crippen LogP contribution in [0.25, 0.3) is 0 Å². The Hall–Kier alpha value is -0.880. The maximum absolute atomic E-state index is 11.4. The van der Waals surface area contributed by atoms with Crippen LogP contribution in [-0.2, 0) is 4.74 Å². The lowest BCUT2D eigenvalue weighted by Crippen LogP contribution is -2.25. The number of nitrogens with one attached hydrogen (secondary N) is 2. The van der Waals surface area contributed by atoms with E-state index in [1.807, 2.05) is 0 Å². The predicted octanol–water partition coefficient (Wildman–Crippen LogP) is 0.941. The first-order valence-electron chi connectivity index (χ1n) is 4.76. The summed E-state index contributed by atoms with van der Waals surface area (Å²) in [6.45, 7) is 1.98. The highest BCUT2D eigenvalue weighted by Crippen LogP contribution is 1.91. The van der Waals surface area contributed by atoms with Gasteiger partial charge in [-0.2, -0.15) is 5.10 Å². The van der Waals surface area contributed by atoms with Gasteiger partial charge in [-0.1, -0.05) is 15.9 Å². The quantitative estimate of drug-likeness (QED) is 0.575. The molecule has 0 unspecified atom stereocenters. The Morgan fingerprint density at radius 2 is 2.47 bits per heavy atom. The molecule has 1 rings (SSSR count). The van der Waals surface area contributed by atoms with E-state index in [2.05, 4.69) is 31.4 Å². The summed E-state index contributed by atoms with van der Waals surface area (Å²) in [4.78, 5) is 11.4. The lowest BCUT2D eigenvalue weighted by Gasteiger charge is -2.03. The van der Waals surface area contributed by atoms with E-state index in [0.29, 0.717) is 25.5 Å². The van der Waals surface area contributed by atoms with Crippen molar-refractivity contribution in [2.45, 2.75) is 6.42 Å². The average Bonchev–Trinajstić information content (AvgIpc) is 2.76. The second kappa shape index (κ2) is 7.42. The molecule has 0 aliphatic carbocycles. The first-order chi connectivity index (χ1) is 7.34. The van der Waals surface area contributed by atoms with E-state index < -0.39 is 0 Å². The average molecular weight is 276 g/mol. The fraction of sp³-hybridized carbons (Fsp3) is 0.556. The van der Waals surface area contributed by atoms with Gasteiger partial charge in [0.2, 0.25) is 0 Å². The number of aromatic nitrogens is 2. The molecule has 1 amide bonds. The largest absolute Gasteiger partial charge is 0.381 e. The number of hydrogen-bond acceptors (Lipinski definition) is 3. The van der Waals surface area contributed by atoms with Crippen LogP contribution >= 0.6 is 15.9 Å². The molecule has 0 fully saturated rings. The van der Waals surface area contributed by atoms with Gasteiger partial charge in [-0.3, -0.25) is 9.89 Å². The second-order valence-corrected chi connectivity index (χ2v) is 3.67. The van der Waals surface area contributed by atoms with Crippen LogP contribution in [0.5, 0.6) is 0 Å². The molecular weight excluding hydrogens is 262 g/mol. The maximum Gasteiger partial charge on any atom is 0.269 e. The third-order valence-electron chi connectivity index (χ3n) is 1.72. The highest BCUT2D eigenvalue weighted by Gasteiger charge is 2.04. The van der Waals surface area contributed by atoms with Crippen LogP contribution in [0.3, 0.4) is 0 Å². The summed E-state index contributed by atoms with van der Waals surface area (Å²) in [5.41, 5.74) is 0.483. The van der Waals surface area contributed by atoms with Crippen molar-refractivity contribution in [3.8, 4) is 0 Å². The Bertz CT molecular complexity index is 277. The molecule has 0 spiro atoms. The van der Waals surface area contributed by atoms with Crippen LogP contribution in [0.4, 0.5) is 0 Å². The van der Waals surface area contributed by atoms with Gasteiger partial charge in [0.05, 0.1) is 6.61 Å². The molecule has 1 aromatic heterocycles. The van der Waals surface area contributed by atoms with Gasteiger partial charge in [0.15, 0.2) is 0 Å². The van der Waals surface area contributed by atoms with Crippen molar-refractivity contribution in [1.29, 1.82) is 0 Å². The van der Waals surface area contributed by atoms with Crippen molar-refractivity contribution < 1.29 is 9.53 Å². The van der Waals surface area contributed by atoms with Crippen molar-refractivity contribution in [2.75, 3.05) is 25.1 Å². The molecule has 1 heterocycles. The Balaban J connectivity index is 2.03. The Labute approximate surface area is 96.7 Å². The molecule has 5 nitrogen and oxygen atoms in total. The number of rotatable bonds is 7. The van der Waals surface area contributed by atoms with E-state index in [4.69, 9.17) is 4.74 Å². The van der Waals surface area contributed by atoms with Crippen molar-refractivity contribution in [1.82, 2.24) is 15.5 Å². The van der Waals surface area contributed by atoms with Crippen LogP contribution in [0.2, 0.25) is 0 Å². The predicted molar refractivity (Wildman–Crippen MR) is 60.2 cm³/mol. The summed E-state index contributed by atoms with van der Waals surface area (Å²) in [5, 5.41) is 9.90. The van der Waals surface area contributed by atoms with Gasteiger partial charge in [-0.05, 0) is 12.5 Å². The molecule has 0 saturated heterocycles. The topological polar surface area (TPSA) is 67.0 Å². The fourth-order valence-corrected chi connectivity index (χ4v) is 1.24. The zero-order chi connectivity index (χ0) is 10.9. The van der Waals surface area contributed by atoms with E-state index >= 15 is 0 Å². The first-order valence-corrected chi connectivity index (χ1v) is 5.88. The second-order valence-electron chi connectivity index (χ2n) is 2.88. The van der Waals surface area contributed by atoms with E-state index in [0.717, 1.165) is 11.8 Å². The van der Waals surface area contributed by atoms with E-state index in [-0.39, 0.29) is 5.91 Å². The number of amides is 1. The summed E-state index contributed by atoms with van der Waals surface area (Å²) in [5.74, 6) is -0.131. The lowest BCUT2D eigenvalue weighted by atomic mass is 10.4. The van der Waals surface area contributed by atoms with Gasteiger partial charge in [0, 0.05) is 24.7 Å². The molecule has 0 aliphatic rings. The normalized spacial score (nSPS) is 10.2. The van der Waals surface area contributed by atoms with E-state index in [1.54, 1.807) is 12.3 Å². The van der Waals surface area contributed by atoms with Crippen molar-refractivity contribution in [2.24, 2.45) is 0 Å². The zero-order valence-corrected chi connectivity index (χ0v) is 9.92. The lowest BCUT2D eigenvalue weighted by molar-refractivity contribution is 0.0939. The number of halogens is 1. The molecular formula is C9H14BrN3O2. The summed E-state index contributed by atoms with van der Waals surface area (Å²) in [6.07, 6.45) is 2.36. The summed E-state index contributed by atoms with van der Waals surface area (Å²) < 4.78 is 5.24. The minimum absolute atomic E-state index is 0.131. The Morgan fingerprint density at radius 3 is 3.13 bits per heavy atom. The first kappa shape index (κ1) is 12.2. The minimum atomic E-state index is -0.131. The number of hydrogen-bond donors (Lipinski definition) is 2. The minimum Gasteiger partial charge on any atom is -0.381 e. The zero-order valence-electron chi connectivity index (χ0n) is 8.33. The van der Waals surface area contributed by atoms with Crippen LogP contribution < -0.4 is 5.32 Å². The number of H-pyrrole nitrogens is 1. The highest BCUT2D eigenvalue weighted by molar-refractivity contribution is 9.09. The summed E-state index contributed by atoms with van der Waals surface area (Å²) in [6, 6.07) is 1.64. The Kier molecular flexibility index (Phi) is 6.03. The van der Waals surface area contributed by atoms with Crippen LogP contribution in [-0.4, -0.2) is 41.2 Å². The molecule has 0 bridgehead atoms. The molecule has 0 atom stereocenters. The number of nitrogens with zero attached hydrogens (tertiary/aromatic N) is 1. The number of aromatic amines is 1. The molecule has 15 heavy (non-hydrogen) atoms. The van der Waals surface area contributed by atoms with Crippen LogP contribution in [0, 0.1) is 0 Å². The SMILES string of the molecule is O=C(NCCCOCCBr)c1ccn[nH]1. The van der Waals surface area contributed by atoms with Gasteiger partial charge < -0.3 is 10.1 Å². The van der Waals surface area contributed by atoms with Gasteiger partial charge >= 0.3 is 0 Å². The summed E-state index contributed by atoms with van der Waals surface area (Å²) in [7, 11) is 0. The molecule has 0 saturated carbocycles. The molecule has 2 N–H and O–H groups in total. The molecule has 1 aromatic rings. The van der Waals surface area contributed by atoms with E-state index in [9.17, 15) is 4.79 Å². The third-order valence-corrected chi connectivity index (χ3v) is 2.04. The highest BCUT2D eigenvalue weighted by atomic mass is 79.9. The maximum atomic E-state index is 11.4. The fourth-order valence-electron chi connectivity index (χ4n) is 1.01. The molecule has 0 aliphatic heterocycles. The number of carbonyl (C=O) groups excluding carboxylic acids is 1. The van der Waals surface area contributed by atoms with Crippen molar-refractivity contribution >= 4 is 21.8 Å². The smallest absolute Gasteiger partial charge is 0.269 e. The van der Waals surface area contributed by atoms with E-state index in [1.165, 1.54) is 0 Å². The molecule has 6 heteroatoms. The van der Waals surface area contributed by atoms with Crippen LogP contribution in [0.15, 0.2) is 12.3 Å².